The van der Waals surface area contributed by atoms with Crippen LogP contribution in [0.4, 0.5) is 0 Å². The van der Waals surface area contributed by atoms with Gasteiger partial charge in [0.15, 0.2) is 5.17 Å². The molecule has 0 aliphatic carbocycles. The molecule has 0 bridgehead atoms. The van der Waals surface area contributed by atoms with Crippen LogP contribution in [0, 0.1) is 6.92 Å². The van der Waals surface area contributed by atoms with Crippen molar-refractivity contribution in [1.29, 1.82) is 0 Å². The fourth-order valence-electron chi connectivity index (χ4n) is 2.37. The molecule has 4 nitrogen and oxygen atoms in total. The zero-order valence-electron chi connectivity index (χ0n) is 12.4. The van der Waals surface area contributed by atoms with Crippen molar-refractivity contribution in [2.75, 3.05) is 26.3 Å². The van der Waals surface area contributed by atoms with Crippen molar-refractivity contribution in [3.63, 3.8) is 0 Å². The molecule has 0 radical (unpaired) electrons. The number of allylic oxidation sites excluding steroid dienone is 1. The maximum absolute atomic E-state index is 12.0. The van der Waals surface area contributed by atoms with Gasteiger partial charge in [0, 0.05) is 13.1 Å². The monoisotopic (exact) mass is 338 g/mol. The first kappa shape index (κ1) is 17.1. The average molecular weight is 339 g/mol. The molecule has 1 aromatic carbocycles. The molecule has 118 valence electrons. The van der Waals surface area contributed by atoms with Gasteiger partial charge < -0.3 is 9.64 Å². The van der Waals surface area contributed by atoms with Crippen molar-refractivity contribution in [3.05, 3.63) is 46.4 Å². The minimum absolute atomic E-state index is 0. The Hall–Kier alpha value is -1.30. The lowest BCUT2D eigenvalue weighted by Crippen LogP contribution is -2.38. The van der Waals surface area contributed by atoms with Crippen molar-refractivity contribution in [2.24, 2.45) is 4.99 Å². The zero-order chi connectivity index (χ0) is 14.7. The molecule has 1 amide bonds. The SMILES string of the molecule is Cc1ccccc1CC=C1SC(N2CCOCC2)=NC1=O.Cl. The molecule has 22 heavy (non-hydrogen) atoms. The fraction of sp³-hybridized carbons (Fsp3) is 0.375. The predicted molar refractivity (Wildman–Crippen MR) is 92.6 cm³/mol. The number of benzene rings is 1. The lowest BCUT2D eigenvalue weighted by Gasteiger charge is -2.27. The molecule has 2 aliphatic rings. The van der Waals surface area contributed by atoms with Gasteiger partial charge in [-0.15, -0.1) is 12.4 Å². The standard InChI is InChI=1S/C16H18N2O2S.ClH/c1-12-4-2-3-5-13(12)6-7-14-15(19)17-16(21-14)18-8-10-20-11-9-18;/h2-5,7H,6,8-11H2,1H3;1H. The lowest BCUT2D eigenvalue weighted by molar-refractivity contribution is -0.113. The molecular formula is C16H19ClN2O2S. The van der Waals surface area contributed by atoms with Crippen LogP contribution >= 0.6 is 24.2 Å². The number of hydrogen-bond donors (Lipinski definition) is 0. The van der Waals surface area contributed by atoms with E-state index in [-0.39, 0.29) is 18.3 Å². The van der Waals surface area contributed by atoms with E-state index >= 15 is 0 Å². The summed E-state index contributed by atoms with van der Waals surface area (Å²) in [6.45, 7) is 5.12. The molecule has 1 aromatic rings. The molecule has 1 fully saturated rings. The number of aryl methyl sites for hydroxylation is 1. The summed E-state index contributed by atoms with van der Waals surface area (Å²) in [6.07, 6.45) is 2.76. The van der Waals surface area contributed by atoms with Gasteiger partial charge in [-0.2, -0.15) is 4.99 Å². The highest BCUT2D eigenvalue weighted by atomic mass is 35.5. The Morgan fingerprint density at radius 3 is 2.77 bits per heavy atom. The Balaban J connectivity index is 0.00000176. The van der Waals surface area contributed by atoms with Crippen LogP contribution in [-0.4, -0.2) is 42.3 Å². The Labute approximate surface area is 141 Å². The summed E-state index contributed by atoms with van der Waals surface area (Å²) >= 11 is 1.48. The van der Waals surface area contributed by atoms with Gasteiger partial charge in [-0.3, -0.25) is 4.79 Å². The van der Waals surface area contributed by atoms with E-state index in [4.69, 9.17) is 4.74 Å². The number of rotatable bonds is 2. The van der Waals surface area contributed by atoms with E-state index in [0.29, 0.717) is 13.2 Å². The number of morpholine rings is 1. The van der Waals surface area contributed by atoms with Crippen LogP contribution in [0.25, 0.3) is 0 Å². The number of aliphatic imine (C=N–C) groups is 1. The molecule has 0 unspecified atom stereocenters. The van der Waals surface area contributed by atoms with Gasteiger partial charge in [-0.25, -0.2) is 0 Å². The molecule has 1 saturated heterocycles. The number of carbonyl (C=O) groups excluding carboxylic acids is 1. The third-order valence-corrected chi connectivity index (χ3v) is 4.75. The second-order valence-corrected chi connectivity index (χ2v) is 6.11. The summed E-state index contributed by atoms with van der Waals surface area (Å²) in [5.41, 5.74) is 2.50. The van der Waals surface area contributed by atoms with Gasteiger partial charge in [0.1, 0.15) is 0 Å². The van der Waals surface area contributed by atoms with Crippen molar-refractivity contribution in [2.45, 2.75) is 13.3 Å². The minimum atomic E-state index is -0.116. The van der Waals surface area contributed by atoms with Gasteiger partial charge in [0.25, 0.3) is 5.91 Å². The van der Waals surface area contributed by atoms with Gasteiger partial charge >= 0.3 is 0 Å². The first-order valence-electron chi connectivity index (χ1n) is 7.12. The number of thioether (sulfide) groups is 1. The number of halogens is 1. The lowest BCUT2D eigenvalue weighted by atomic mass is 10.1. The van der Waals surface area contributed by atoms with Crippen LogP contribution in [0.1, 0.15) is 11.1 Å². The van der Waals surface area contributed by atoms with E-state index in [9.17, 15) is 4.79 Å². The van der Waals surface area contributed by atoms with Crippen LogP contribution in [0.3, 0.4) is 0 Å². The van der Waals surface area contributed by atoms with E-state index in [1.807, 2.05) is 18.2 Å². The molecule has 0 N–H and O–H groups in total. The highest BCUT2D eigenvalue weighted by molar-refractivity contribution is 8.18. The largest absolute Gasteiger partial charge is 0.378 e. The molecule has 2 heterocycles. The van der Waals surface area contributed by atoms with Gasteiger partial charge in [0.05, 0.1) is 18.1 Å². The maximum atomic E-state index is 12.0. The van der Waals surface area contributed by atoms with E-state index in [1.165, 1.54) is 22.9 Å². The summed E-state index contributed by atoms with van der Waals surface area (Å²) < 4.78 is 5.33. The van der Waals surface area contributed by atoms with E-state index in [1.54, 1.807) is 0 Å². The first-order valence-corrected chi connectivity index (χ1v) is 7.94. The first-order chi connectivity index (χ1) is 10.2. The second kappa shape index (κ2) is 7.81. The summed E-state index contributed by atoms with van der Waals surface area (Å²) in [5.74, 6) is -0.116. The zero-order valence-corrected chi connectivity index (χ0v) is 14.1. The highest BCUT2D eigenvalue weighted by Crippen LogP contribution is 2.29. The molecule has 0 saturated carbocycles. The van der Waals surface area contributed by atoms with Crippen LogP contribution in [0.15, 0.2) is 40.2 Å². The van der Waals surface area contributed by atoms with Crippen molar-refractivity contribution >= 4 is 35.2 Å². The number of ether oxygens (including phenoxy) is 1. The number of amides is 1. The molecule has 0 spiro atoms. The average Bonchev–Trinajstić information content (AvgIpc) is 2.89. The fourth-order valence-corrected chi connectivity index (χ4v) is 3.30. The summed E-state index contributed by atoms with van der Waals surface area (Å²) in [5, 5.41) is 0.819. The van der Waals surface area contributed by atoms with E-state index in [0.717, 1.165) is 29.6 Å². The number of hydrogen-bond acceptors (Lipinski definition) is 4. The third-order valence-electron chi connectivity index (χ3n) is 3.66. The predicted octanol–water partition coefficient (Wildman–Crippen LogP) is 2.80. The molecule has 6 heteroatoms. The number of amidine groups is 1. The normalized spacial score (nSPS) is 20.0. The van der Waals surface area contributed by atoms with E-state index < -0.39 is 0 Å². The second-order valence-electron chi connectivity index (χ2n) is 5.10. The Morgan fingerprint density at radius 2 is 2.05 bits per heavy atom. The Morgan fingerprint density at radius 1 is 1.32 bits per heavy atom. The molecule has 0 atom stereocenters. The smallest absolute Gasteiger partial charge is 0.285 e. The minimum Gasteiger partial charge on any atom is -0.378 e. The Kier molecular flexibility index (Phi) is 6.06. The van der Waals surface area contributed by atoms with Crippen molar-refractivity contribution in [3.8, 4) is 0 Å². The molecule has 0 aromatic heterocycles. The van der Waals surface area contributed by atoms with Gasteiger partial charge in [-0.05, 0) is 36.2 Å². The van der Waals surface area contributed by atoms with Crippen LogP contribution in [0.5, 0.6) is 0 Å². The molecule has 3 rings (SSSR count). The van der Waals surface area contributed by atoms with Crippen molar-refractivity contribution < 1.29 is 9.53 Å². The molecule has 2 aliphatic heterocycles. The van der Waals surface area contributed by atoms with Gasteiger partial charge in [-0.1, -0.05) is 30.3 Å². The third kappa shape index (κ3) is 3.91. The molecular weight excluding hydrogens is 320 g/mol. The van der Waals surface area contributed by atoms with Crippen molar-refractivity contribution in [1.82, 2.24) is 4.90 Å². The van der Waals surface area contributed by atoms with Crippen LogP contribution < -0.4 is 0 Å². The van der Waals surface area contributed by atoms with Crippen LogP contribution in [0.2, 0.25) is 0 Å². The number of carbonyl (C=O) groups is 1. The van der Waals surface area contributed by atoms with Crippen LogP contribution in [-0.2, 0) is 16.0 Å². The highest BCUT2D eigenvalue weighted by Gasteiger charge is 2.26. The summed E-state index contributed by atoms with van der Waals surface area (Å²) in [7, 11) is 0. The quantitative estimate of drug-likeness (QED) is 0.778. The van der Waals surface area contributed by atoms with Gasteiger partial charge in [0.2, 0.25) is 0 Å². The Bertz CT molecular complexity index is 610. The maximum Gasteiger partial charge on any atom is 0.285 e. The summed E-state index contributed by atoms with van der Waals surface area (Å²) in [6, 6.07) is 8.24. The summed E-state index contributed by atoms with van der Waals surface area (Å²) in [4.78, 5) is 19.0. The number of nitrogens with zero attached hydrogens (tertiary/aromatic N) is 2. The van der Waals surface area contributed by atoms with E-state index in [2.05, 4.69) is 28.9 Å². The topological polar surface area (TPSA) is 41.9 Å².